The van der Waals surface area contributed by atoms with E-state index < -0.39 is 5.91 Å². The van der Waals surface area contributed by atoms with Crippen molar-refractivity contribution in [2.75, 3.05) is 12.4 Å². The van der Waals surface area contributed by atoms with Crippen LogP contribution in [0.2, 0.25) is 5.02 Å². The van der Waals surface area contributed by atoms with Crippen molar-refractivity contribution in [2.24, 2.45) is 0 Å². The van der Waals surface area contributed by atoms with Crippen LogP contribution in [0.25, 0.3) is 11.8 Å². The molecule has 0 aliphatic carbocycles. The summed E-state index contributed by atoms with van der Waals surface area (Å²) < 4.78 is 7.42. The van der Waals surface area contributed by atoms with Crippen LogP contribution in [0, 0.1) is 25.2 Å². The molecule has 0 unspecified atom stereocenters. The predicted octanol–water partition coefficient (Wildman–Crippen LogP) is 5.01. The first-order chi connectivity index (χ1) is 14.3. The third-order valence-corrected chi connectivity index (χ3v) is 4.88. The lowest BCUT2D eigenvalue weighted by atomic mass is 10.1. The highest BCUT2D eigenvalue weighted by Gasteiger charge is 2.16. The summed E-state index contributed by atoms with van der Waals surface area (Å²) >= 11 is 6.18. The summed E-state index contributed by atoms with van der Waals surface area (Å²) in [6.07, 6.45) is 1.55. The molecule has 1 aromatic heterocycles. The smallest absolute Gasteiger partial charge is 0.266 e. The number of amides is 1. The number of ether oxygens (including phenoxy) is 1. The number of phenols is 1. The van der Waals surface area contributed by atoms with Gasteiger partial charge in [-0.05, 0) is 74.0 Å². The molecule has 0 radical (unpaired) electrons. The number of halogens is 1. The minimum absolute atomic E-state index is 0.0404. The molecule has 2 aromatic carbocycles. The van der Waals surface area contributed by atoms with Crippen molar-refractivity contribution in [3.8, 4) is 23.3 Å². The summed E-state index contributed by atoms with van der Waals surface area (Å²) in [5.74, 6) is 0.212. The molecular formula is C23H20ClN3O3. The van der Waals surface area contributed by atoms with Gasteiger partial charge in [0, 0.05) is 22.1 Å². The molecule has 0 bridgehead atoms. The van der Waals surface area contributed by atoms with Crippen LogP contribution in [0.4, 0.5) is 5.69 Å². The average molecular weight is 422 g/mol. The van der Waals surface area contributed by atoms with Crippen LogP contribution in [0.3, 0.4) is 0 Å². The molecule has 1 amide bonds. The van der Waals surface area contributed by atoms with Gasteiger partial charge < -0.3 is 19.7 Å². The Balaban J connectivity index is 1.98. The van der Waals surface area contributed by atoms with Gasteiger partial charge >= 0.3 is 0 Å². The number of carbonyl (C=O) groups excluding carboxylic acids is 1. The zero-order chi connectivity index (χ0) is 21.8. The molecule has 0 aliphatic heterocycles. The number of nitriles is 1. The maximum Gasteiger partial charge on any atom is 0.266 e. The number of rotatable bonds is 5. The van der Waals surface area contributed by atoms with Crippen LogP contribution >= 0.6 is 11.6 Å². The van der Waals surface area contributed by atoms with Crippen molar-refractivity contribution in [3.63, 3.8) is 0 Å². The number of nitrogens with zero attached hydrogens (tertiary/aromatic N) is 2. The molecule has 0 spiro atoms. The molecule has 6 nitrogen and oxygen atoms in total. The first-order valence-electron chi connectivity index (χ1n) is 9.09. The zero-order valence-electron chi connectivity index (χ0n) is 16.7. The Kier molecular flexibility index (Phi) is 6.14. The Morgan fingerprint density at radius 3 is 2.53 bits per heavy atom. The van der Waals surface area contributed by atoms with Gasteiger partial charge in [-0.15, -0.1) is 0 Å². The average Bonchev–Trinajstić information content (AvgIpc) is 3.00. The van der Waals surface area contributed by atoms with Gasteiger partial charge in [-0.3, -0.25) is 4.79 Å². The highest BCUT2D eigenvalue weighted by molar-refractivity contribution is 6.30. The molecule has 0 aliphatic rings. The van der Waals surface area contributed by atoms with E-state index in [1.807, 2.05) is 30.6 Å². The van der Waals surface area contributed by atoms with Gasteiger partial charge in [-0.2, -0.15) is 5.26 Å². The Morgan fingerprint density at radius 1 is 1.20 bits per heavy atom. The van der Waals surface area contributed by atoms with Crippen LogP contribution < -0.4 is 10.1 Å². The summed E-state index contributed by atoms with van der Waals surface area (Å²) in [4.78, 5) is 12.5. The van der Waals surface area contributed by atoms with Gasteiger partial charge in [0.2, 0.25) is 0 Å². The number of phenolic OH excluding ortho intramolecular Hbond substituents is 1. The minimum atomic E-state index is -0.534. The normalized spacial score (nSPS) is 11.1. The van der Waals surface area contributed by atoms with Crippen molar-refractivity contribution in [3.05, 3.63) is 76.1 Å². The monoisotopic (exact) mass is 421 g/mol. The molecule has 30 heavy (non-hydrogen) atoms. The third kappa shape index (κ3) is 4.32. The van der Waals surface area contributed by atoms with Crippen LogP contribution in [0.15, 0.2) is 54.1 Å². The summed E-state index contributed by atoms with van der Waals surface area (Å²) in [6.45, 7) is 3.82. The van der Waals surface area contributed by atoms with Crippen molar-refractivity contribution >= 4 is 29.3 Å². The second-order valence-electron chi connectivity index (χ2n) is 6.65. The standard InChI is InChI=1S/C23H20ClN3O3/c1-14-10-16(15(2)27(14)21-12-18(24)4-9-22(21)30-3)11-17(13-25)23(29)26-19-5-7-20(28)8-6-19/h4-12,28H,1-3H3,(H,26,29)/b17-11-. The lowest BCUT2D eigenvalue weighted by Gasteiger charge is -2.14. The quantitative estimate of drug-likeness (QED) is 0.344. The summed E-state index contributed by atoms with van der Waals surface area (Å²) in [7, 11) is 1.59. The summed E-state index contributed by atoms with van der Waals surface area (Å²) in [5, 5.41) is 22.1. The number of anilines is 1. The Bertz CT molecular complexity index is 1170. The topological polar surface area (TPSA) is 87.3 Å². The lowest BCUT2D eigenvalue weighted by Crippen LogP contribution is -2.13. The van der Waals surface area contributed by atoms with E-state index in [0.717, 1.165) is 22.6 Å². The number of aromatic nitrogens is 1. The largest absolute Gasteiger partial charge is 0.508 e. The summed E-state index contributed by atoms with van der Waals surface area (Å²) in [6, 6.07) is 15.2. The van der Waals surface area contributed by atoms with Gasteiger partial charge in [-0.25, -0.2) is 0 Å². The van der Waals surface area contributed by atoms with Crippen LogP contribution in [0.5, 0.6) is 11.5 Å². The zero-order valence-corrected chi connectivity index (χ0v) is 17.5. The molecule has 7 heteroatoms. The number of aryl methyl sites for hydroxylation is 1. The van der Waals surface area contributed by atoms with E-state index in [1.54, 1.807) is 43.5 Å². The Hall–Kier alpha value is -3.69. The molecule has 1 heterocycles. The van der Waals surface area contributed by atoms with Crippen molar-refractivity contribution in [1.82, 2.24) is 4.57 Å². The van der Waals surface area contributed by atoms with E-state index in [1.165, 1.54) is 12.1 Å². The van der Waals surface area contributed by atoms with E-state index in [-0.39, 0.29) is 11.3 Å². The maximum atomic E-state index is 12.5. The van der Waals surface area contributed by atoms with E-state index in [2.05, 4.69) is 5.32 Å². The first kappa shape index (κ1) is 21.0. The van der Waals surface area contributed by atoms with E-state index >= 15 is 0 Å². The fourth-order valence-electron chi connectivity index (χ4n) is 3.19. The molecule has 0 fully saturated rings. The van der Waals surface area contributed by atoms with E-state index in [4.69, 9.17) is 16.3 Å². The fraction of sp³-hybridized carbons (Fsp3) is 0.130. The Labute approximate surface area is 179 Å². The number of hydrogen-bond donors (Lipinski definition) is 2. The van der Waals surface area contributed by atoms with Crippen molar-refractivity contribution in [1.29, 1.82) is 5.26 Å². The number of benzene rings is 2. The van der Waals surface area contributed by atoms with Gasteiger partial charge in [0.25, 0.3) is 5.91 Å². The fourth-order valence-corrected chi connectivity index (χ4v) is 3.36. The van der Waals surface area contributed by atoms with E-state index in [9.17, 15) is 15.2 Å². The summed E-state index contributed by atoms with van der Waals surface area (Å²) in [5.41, 5.74) is 3.67. The third-order valence-electron chi connectivity index (χ3n) is 4.64. The molecular weight excluding hydrogens is 402 g/mol. The number of hydrogen-bond acceptors (Lipinski definition) is 4. The van der Waals surface area contributed by atoms with Crippen LogP contribution in [0.1, 0.15) is 17.0 Å². The van der Waals surface area contributed by atoms with Gasteiger partial charge in [0.15, 0.2) is 0 Å². The molecule has 3 rings (SSSR count). The van der Waals surface area contributed by atoms with Crippen molar-refractivity contribution < 1.29 is 14.6 Å². The van der Waals surface area contributed by atoms with Crippen molar-refractivity contribution in [2.45, 2.75) is 13.8 Å². The van der Waals surface area contributed by atoms with Crippen LogP contribution in [-0.2, 0) is 4.79 Å². The molecule has 3 aromatic rings. The molecule has 0 saturated carbocycles. The number of carbonyl (C=O) groups is 1. The highest BCUT2D eigenvalue weighted by Crippen LogP contribution is 2.31. The van der Waals surface area contributed by atoms with Gasteiger partial charge in [0.05, 0.1) is 12.8 Å². The molecule has 0 atom stereocenters. The number of aromatic hydroxyl groups is 1. The predicted molar refractivity (Wildman–Crippen MR) is 117 cm³/mol. The molecule has 152 valence electrons. The van der Waals surface area contributed by atoms with Crippen LogP contribution in [-0.4, -0.2) is 22.7 Å². The molecule has 2 N–H and O–H groups in total. The minimum Gasteiger partial charge on any atom is -0.508 e. The Morgan fingerprint density at radius 2 is 1.90 bits per heavy atom. The first-order valence-corrected chi connectivity index (χ1v) is 9.47. The SMILES string of the molecule is COc1ccc(Cl)cc1-n1c(C)cc(/C=C(/C#N)C(=O)Nc2ccc(O)cc2)c1C. The molecule has 0 saturated heterocycles. The lowest BCUT2D eigenvalue weighted by molar-refractivity contribution is -0.112. The van der Waals surface area contributed by atoms with E-state index in [0.29, 0.717) is 16.5 Å². The second-order valence-corrected chi connectivity index (χ2v) is 7.09. The second kappa shape index (κ2) is 8.76. The highest BCUT2D eigenvalue weighted by atomic mass is 35.5. The maximum absolute atomic E-state index is 12.5. The number of methoxy groups -OCH3 is 1. The van der Waals surface area contributed by atoms with Gasteiger partial charge in [0.1, 0.15) is 23.1 Å². The van der Waals surface area contributed by atoms with Gasteiger partial charge in [-0.1, -0.05) is 11.6 Å². The number of nitrogens with one attached hydrogen (secondary N) is 1.